The minimum Gasteiger partial charge on any atom is -0.489 e. The molecule has 3 aromatic carbocycles. The highest BCUT2D eigenvalue weighted by molar-refractivity contribution is 6.30. The van der Waals surface area contributed by atoms with Gasteiger partial charge in [0, 0.05) is 29.3 Å². The molecule has 2 aliphatic carbocycles. The van der Waals surface area contributed by atoms with Crippen LogP contribution in [-0.4, -0.2) is 34.0 Å². The number of fused-ring (bicyclic) bond motifs is 1. The number of benzene rings is 3. The molecule has 5 atom stereocenters. The fourth-order valence-electron chi connectivity index (χ4n) is 7.09. The van der Waals surface area contributed by atoms with E-state index < -0.39 is 30.0 Å². The molecule has 0 amide bonds. The number of halogens is 1. The first-order chi connectivity index (χ1) is 18.8. The lowest BCUT2D eigenvalue weighted by atomic mass is 9.58. The van der Waals surface area contributed by atoms with Crippen LogP contribution in [0.25, 0.3) is 10.8 Å². The number of aliphatic hydroxyl groups is 2. The molecule has 1 unspecified atom stereocenters. The molecule has 0 radical (unpaired) electrons. The van der Waals surface area contributed by atoms with Gasteiger partial charge in [-0.05, 0) is 58.2 Å². The summed E-state index contributed by atoms with van der Waals surface area (Å²) in [5.41, 5.74) is 0.940. The van der Waals surface area contributed by atoms with Crippen molar-refractivity contribution in [3.63, 3.8) is 0 Å². The third kappa shape index (κ3) is 5.83. The van der Waals surface area contributed by atoms with Crippen LogP contribution in [0.4, 0.5) is 0 Å². The van der Waals surface area contributed by atoms with Crippen LogP contribution in [0.5, 0.6) is 5.75 Å². The van der Waals surface area contributed by atoms with E-state index in [2.05, 4.69) is 0 Å². The monoisotopic (exact) mass is 562 g/mol. The molecule has 0 spiro atoms. The number of carbonyl (C=O) groups excluding carboxylic acids is 2. The van der Waals surface area contributed by atoms with Crippen LogP contribution in [0, 0.1) is 22.7 Å². The van der Waals surface area contributed by atoms with Crippen molar-refractivity contribution in [2.75, 3.05) is 0 Å². The number of Topliss-reactive ketones (excluding diaryl/α,β-unsaturated/α-hetero) is 2. The van der Waals surface area contributed by atoms with Gasteiger partial charge in [0.15, 0.2) is 0 Å². The van der Waals surface area contributed by atoms with Gasteiger partial charge in [0.1, 0.15) is 23.9 Å². The number of rotatable bonds is 6. The molecule has 2 fully saturated rings. The van der Waals surface area contributed by atoms with Crippen LogP contribution >= 0.6 is 11.6 Å². The fourth-order valence-corrected chi connectivity index (χ4v) is 7.21. The summed E-state index contributed by atoms with van der Waals surface area (Å²) >= 11 is 6.08. The molecule has 0 aromatic heterocycles. The SMILES string of the molecule is CC1(C)CC(=O)[C@H](C(c2c(OCc3ccc(Cl)cc3)ccc3ccccc23)[C@@H]2C(=O)CC(C)(C)C[C@@H]2O)[C@H](O)C1. The number of hydrogen-bond donors (Lipinski definition) is 2. The van der Waals surface area contributed by atoms with Crippen molar-refractivity contribution in [3.8, 4) is 5.75 Å². The molecular weight excluding hydrogens is 524 g/mol. The normalized spacial score (nSPS) is 27.0. The largest absolute Gasteiger partial charge is 0.489 e. The Morgan fingerprint density at radius 3 is 1.93 bits per heavy atom. The smallest absolute Gasteiger partial charge is 0.139 e. The highest BCUT2D eigenvalue weighted by Gasteiger charge is 2.53. The number of ketones is 2. The van der Waals surface area contributed by atoms with E-state index in [4.69, 9.17) is 16.3 Å². The van der Waals surface area contributed by atoms with Crippen molar-refractivity contribution >= 4 is 33.9 Å². The molecule has 40 heavy (non-hydrogen) atoms. The molecule has 0 heterocycles. The highest BCUT2D eigenvalue weighted by atomic mass is 35.5. The van der Waals surface area contributed by atoms with E-state index >= 15 is 0 Å². The van der Waals surface area contributed by atoms with Gasteiger partial charge in [-0.2, -0.15) is 0 Å². The van der Waals surface area contributed by atoms with Gasteiger partial charge < -0.3 is 14.9 Å². The topological polar surface area (TPSA) is 83.8 Å². The Bertz CT molecular complexity index is 1370. The molecule has 6 heteroatoms. The molecule has 0 saturated heterocycles. The minimum absolute atomic E-state index is 0.0739. The zero-order valence-electron chi connectivity index (χ0n) is 23.7. The van der Waals surface area contributed by atoms with Crippen molar-refractivity contribution < 1.29 is 24.5 Å². The van der Waals surface area contributed by atoms with Crippen molar-refractivity contribution in [2.45, 2.75) is 78.1 Å². The number of ether oxygens (including phenoxy) is 1. The van der Waals surface area contributed by atoms with E-state index in [1.165, 1.54) is 0 Å². The molecular formula is C34H39ClO5. The average Bonchev–Trinajstić information content (AvgIpc) is 2.85. The molecule has 2 aliphatic rings. The molecule has 0 bridgehead atoms. The van der Waals surface area contributed by atoms with Crippen molar-refractivity contribution in [2.24, 2.45) is 22.7 Å². The highest BCUT2D eigenvalue weighted by Crippen LogP contribution is 2.52. The summed E-state index contributed by atoms with van der Waals surface area (Å²) in [7, 11) is 0. The third-order valence-corrected chi connectivity index (χ3v) is 9.00. The summed E-state index contributed by atoms with van der Waals surface area (Å²) in [5, 5.41) is 25.5. The molecule has 0 aliphatic heterocycles. The van der Waals surface area contributed by atoms with Gasteiger partial charge in [-0.25, -0.2) is 0 Å². The number of aliphatic hydroxyl groups excluding tert-OH is 2. The van der Waals surface area contributed by atoms with Gasteiger partial charge in [0.25, 0.3) is 0 Å². The second-order valence-electron chi connectivity index (χ2n) is 13.3. The van der Waals surface area contributed by atoms with Crippen LogP contribution < -0.4 is 4.74 Å². The summed E-state index contributed by atoms with van der Waals surface area (Å²) < 4.78 is 6.43. The van der Waals surface area contributed by atoms with E-state index in [9.17, 15) is 19.8 Å². The van der Waals surface area contributed by atoms with Crippen molar-refractivity contribution in [1.82, 2.24) is 0 Å². The molecule has 212 valence electrons. The van der Waals surface area contributed by atoms with Crippen LogP contribution in [0.1, 0.15) is 70.4 Å². The predicted octanol–water partition coefficient (Wildman–Crippen LogP) is 6.89. The summed E-state index contributed by atoms with van der Waals surface area (Å²) in [5.74, 6) is -2.00. The van der Waals surface area contributed by atoms with E-state index in [0.717, 1.165) is 16.3 Å². The summed E-state index contributed by atoms with van der Waals surface area (Å²) in [4.78, 5) is 27.7. The van der Waals surface area contributed by atoms with Gasteiger partial charge in [0.2, 0.25) is 0 Å². The fraction of sp³-hybridized carbons (Fsp3) is 0.471. The summed E-state index contributed by atoms with van der Waals surface area (Å²) in [6.45, 7) is 8.21. The predicted molar refractivity (Wildman–Crippen MR) is 158 cm³/mol. The van der Waals surface area contributed by atoms with E-state index in [1.54, 1.807) is 0 Å². The van der Waals surface area contributed by atoms with Crippen LogP contribution in [0.2, 0.25) is 5.02 Å². The number of carbonyl (C=O) groups is 2. The van der Waals surface area contributed by atoms with Crippen LogP contribution in [0.3, 0.4) is 0 Å². The molecule has 2 saturated carbocycles. The van der Waals surface area contributed by atoms with Crippen LogP contribution in [-0.2, 0) is 16.2 Å². The van der Waals surface area contributed by atoms with E-state index in [0.29, 0.717) is 42.0 Å². The Labute approximate surface area is 241 Å². The van der Waals surface area contributed by atoms with Gasteiger partial charge in [-0.15, -0.1) is 0 Å². The lowest BCUT2D eigenvalue weighted by molar-refractivity contribution is -0.144. The minimum atomic E-state index is -0.945. The molecule has 3 aromatic rings. The van der Waals surface area contributed by atoms with Gasteiger partial charge in [-0.1, -0.05) is 81.8 Å². The van der Waals surface area contributed by atoms with Gasteiger partial charge in [-0.3, -0.25) is 9.59 Å². The van der Waals surface area contributed by atoms with Crippen molar-refractivity contribution in [1.29, 1.82) is 0 Å². The Morgan fingerprint density at radius 1 is 0.825 bits per heavy atom. The zero-order chi connectivity index (χ0) is 28.8. The van der Waals surface area contributed by atoms with Crippen molar-refractivity contribution in [3.05, 3.63) is 76.8 Å². The standard InChI is InChI=1S/C34H39ClO5/c1-33(2)15-24(36)30(25(37)16-33)32(31-26(38)17-34(3,4)18-27(31)39)29-23-8-6-5-7-21(23)11-14-28(29)40-19-20-9-12-22(35)13-10-20/h5-14,24,26,30-32,36,38H,15-19H2,1-4H3/t24-,26+,30-,31+,32?. The lowest BCUT2D eigenvalue weighted by Crippen LogP contribution is -2.51. The second kappa shape index (κ2) is 10.9. The Hall–Kier alpha value is -2.73. The Kier molecular flexibility index (Phi) is 7.86. The van der Waals surface area contributed by atoms with Gasteiger partial charge >= 0.3 is 0 Å². The maximum absolute atomic E-state index is 13.9. The molecule has 5 rings (SSSR count). The van der Waals surface area contributed by atoms with Crippen LogP contribution in [0.15, 0.2) is 60.7 Å². The van der Waals surface area contributed by atoms with Gasteiger partial charge in [0.05, 0.1) is 24.0 Å². The quantitative estimate of drug-likeness (QED) is 0.342. The van der Waals surface area contributed by atoms with E-state index in [-0.39, 0.29) is 29.0 Å². The first kappa shape index (κ1) is 28.8. The first-order valence-electron chi connectivity index (χ1n) is 14.2. The first-order valence-corrected chi connectivity index (χ1v) is 14.5. The maximum Gasteiger partial charge on any atom is 0.139 e. The summed E-state index contributed by atoms with van der Waals surface area (Å²) in [6, 6.07) is 19.1. The molecule has 2 N–H and O–H groups in total. The van der Waals surface area contributed by atoms with E-state index in [1.807, 2.05) is 88.4 Å². The third-order valence-electron chi connectivity index (χ3n) is 8.75. The maximum atomic E-state index is 13.9. The zero-order valence-corrected chi connectivity index (χ0v) is 24.4. The lowest BCUT2D eigenvalue weighted by Gasteiger charge is -2.47. The Balaban J connectivity index is 1.68. The Morgan fingerprint density at radius 2 is 1.38 bits per heavy atom. The summed E-state index contributed by atoms with van der Waals surface area (Å²) in [6.07, 6.45) is -0.403. The second-order valence-corrected chi connectivity index (χ2v) is 13.8. The molecule has 5 nitrogen and oxygen atoms in total. The average molecular weight is 563 g/mol. The number of hydrogen-bond acceptors (Lipinski definition) is 5.